The van der Waals surface area contributed by atoms with Gasteiger partial charge < -0.3 is 5.32 Å². The SMILES string of the molecule is O=C(CCc1ccccc1Cl)NCCc1cscn1. The summed E-state index contributed by atoms with van der Waals surface area (Å²) >= 11 is 7.61. The second-order valence-electron chi connectivity index (χ2n) is 4.17. The van der Waals surface area contributed by atoms with Gasteiger partial charge in [0.25, 0.3) is 0 Å². The van der Waals surface area contributed by atoms with E-state index in [4.69, 9.17) is 11.6 Å². The molecule has 0 spiro atoms. The van der Waals surface area contributed by atoms with Crippen molar-refractivity contribution < 1.29 is 4.79 Å². The average molecular weight is 295 g/mol. The fourth-order valence-corrected chi connectivity index (χ4v) is 2.55. The molecule has 2 rings (SSSR count). The molecule has 0 unspecified atom stereocenters. The van der Waals surface area contributed by atoms with E-state index < -0.39 is 0 Å². The summed E-state index contributed by atoms with van der Waals surface area (Å²) in [6, 6.07) is 7.61. The van der Waals surface area contributed by atoms with Crippen molar-refractivity contribution in [2.45, 2.75) is 19.3 Å². The normalized spacial score (nSPS) is 10.4. The maximum Gasteiger partial charge on any atom is 0.220 e. The minimum atomic E-state index is 0.0511. The van der Waals surface area contributed by atoms with Crippen molar-refractivity contribution in [2.75, 3.05) is 6.54 Å². The number of benzene rings is 1. The van der Waals surface area contributed by atoms with E-state index in [1.807, 2.05) is 29.6 Å². The Morgan fingerprint density at radius 1 is 1.32 bits per heavy atom. The van der Waals surface area contributed by atoms with Crippen molar-refractivity contribution in [3.63, 3.8) is 0 Å². The molecule has 0 aliphatic carbocycles. The summed E-state index contributed by atoms with van der Waals surface area (Å²) in [5.41, 5.74) is 3.84. The molecule has 0 radical (unpaired) electrons. The van der Waals surface area contributed by atoms with Gasteiger partial charge in [-0.3, -0.25) is 4.79 Å². The third-order valence-corrected chi connectivity index (χ3v) is 3.77. The topological polar surface area (TPSA) is 42.0 Å². The first-order valence-electron chi connectivity index (χ1n) is 6.13. The summed E-state index contributed by atoms with van der Waals surface area (Å²) in [5, 5.41) is 5.61. The summed E-state index contributed by atoms with van der Waals surface area (Å²) in [5.74, 6) is 0.0511. The molecule has 0 fully saturated rings. The number of carbonyl (C=O) groups is 1. The molecule has 5 heteroatoms. The summed E-state index contributed by atoms with van der Waals surface area (Å²) in [6.45, 7) is 0.630. The molecule has 3 nitrogen and oxygen atoms in total. The molecule has 100 valence electrons. The van der Waals surface area contributed by atoms with Crippen LogP contribution in [0.1, 0.15) is 17.7 Å². The molecule has 2 aromatic rings. The smallest absolute Gasteiger partial charge is 0.220 e. The van der Waals surface area contributed by atoms with Crippen molar-refractivity contribution in [3.8, 4) is 0 Å². The predicted molar refractivity (Wildman–Crippen MR) is 78.6 cm³/mol. The molecular formula is C14H15ClN2OS. The van der Waals surface area contributed by atoms with Gasteiger partial charge in [0.2, 0.25) is 5.91 Å². The lowest BCUT2D eigenvalue weighted by atomic mass is 10.1. The van der Waals surface area contributed by atoms with E-state index in [1.54, 1.807) is 16.8 Å². The Labute approximate surface area is 121 Å². The van der Waals surface area contributed by atoms with Crippen molar-refractivity contribution in [3.05, 3.63) is 51.4 Å². The highest BCUT2D eigenvalue weighted by Gasteiger charge is 2.04. The van der Waals surface area contributed by atoms with E-state index in [1.165, 1.54) is 0 Å². The highest BCUT2D eigenvalue weighted by molar-refractivity contribution is 7.07. The van der Waals surface area contributed by atoms with Crippen LogP contribution in [0.3, 0.4) is 0 Å². The third kappa shape index (κ3) is 4.65. The Morgan fingerprint density at radius 3 is 2.89 bits per heavy atom. The number of rotatable bonds is 6. The molecular weight excluding hydrogens is 280 g/mol. The van der Waals surface area contributed by atoms with Gasteiger partial charge in [0.15, 0.2) is 0 Å². The average Bonchev–Trinajstić information content (AvgIpc) is 2.91. The molecule has 0 saturated heterocycles. The van der Waals surface area contributed by atoms with Crippen LogP contribution < -0.4 is 5.32 Å². The number of nitrogens with one attached hydrogen (secondary N) is 1. The Balaban J connectivity index is 1.69. The molecule has 0 aliphatic rings. The van der Waals surface area contributed by atoms with Crippen molar-refractivity contribution in [2.24, 2.45) is 0 Å². The lowest BCUT2D eigenvalue weighted by Gasteiger charge is -2.05. The van der Waals surface area contributed by atoms with Gasteiger partial charge in [0, 0.05) is 29.8 Å². The number of thiazole rings is 1. The lowest BCUT2D eigenvalue weighted by Crippen LogP contribution is -2.25. The molecule has 1 amide bonds. The van der Waals surface area contributed by atoms with Gasteiger partial charge in [-0.25, -0.2) is 4.98 Å². The summed E-state index contributed by atoms with van der Waals surface area (Å²) in [6.07, 6.45) is 1.91. The fraction of sp³-hybridized carbons (Fsp3) is 0.286. The minimum Gasteiger partial charge on any atom is -0.356 e. The Hall–Kier alpha value is -1.39. The van der Waals surface area contributed by atoms with Crippen LogP contribution in [-0.4, -0.2) is 17.4 Å². The monoisotopic (exact) mass is 294 g/mol. The maximum absolute atomic E-state index is 11.7. The second-order valence-corrected chi connectivity index (χ2v) is 5.30. The van der Waals surface area contributed by atoms with Gasteiger partial charge in [-0.05, 0) is 18.1 Å². The summed E-state index contributed by atoms with van der Waals surface area (Å²) in [7, 11) is 0. The van der Waals surface area contributed by atoms with Gasteiger partial charge in [-0.1, -0.05) is 29.8 Å². The van der Waals surface area contributed by atoms with Crippen LogP contribution in [0.15, 0.2) is 35.2 Å². The molecule has 0 bridgehead atoms. The van der Waals surface area contributed by atoms with E-state index in [0.717, 1.165) is 22.7 Å². The Kier molecular flexibility index (Phi) is 5.36. The van der Waals surface area contributed by atoms with Crippen molar-refractivity contribution >= 4 is 28.8 Å². The minimum absolute atomic E-state index is 0.0511. The van der Waals surface area contributed by atoms with Crippen LogP contribution in [0.2, 0.25) is 5.02 Å². The van der Waals surface area contributed by atoms with Gasteiger partial charge >= 0.3 is 0 Å². The van der Waals surface area contributed by atoms with Gasteiger partial charge in [0.1, 0.15) is 0 Å². The second kappa shape index (κ2) is 7.26. The first-order valence-corrected chi connectivity index (χ1v) is 7.45. The van der Waals surface area contributed by atoms with Crippen LogP contribution in [0.4, 0.5) is 0 Å². The number of hydrogen-bond donors (Lipinski definition) is 1. The molecule has 1 aromatic heterocycles. The van der Waals surface area contributed by atoms with E-state index in [-0.39, 0.29) is 5.91 Å². The molecule has 1 heterocycles. The molecule has 19 heavy (non-hydrogen) atoms. The lowest BCUT2D eigenvalue weighted by molar-refractivity contribution is -0.121. The maximum atomic E-state index is 11.7. The zero-order chi connectivity index (χ0) is 13.5. The zero-order valence-electron chi connectivity index (χ0n) is 10.4. The molecule has 0 atom stereocenters. The van der Waals surface area contributed by atoms with Crippen LogP contribution in [0.5, 0.6) is 0 Å². The van der Waals surface area contributed by atoms with E-state index in [0.29, 0.717) is 19.4 Å². The molecule has 0 saturated carbocycles. The number of carbonyl (C=O) groups excluding carboxylic acids is 1. The first kappa shape index (κ1) is 14.0. The van der Waals surface area contributed by atoms with Crippen LogP contribution in [0, 0.1) is 0 Å². The molecule has 0 aliphatic heterocycles. The quantitative estimate of drug-likeness (QED) is 0.889. The highest BCUT2D eigenvalue weighted by Crippen LogP contribution is 2.16. The number of halogens is 1. The van der Waals surface area contributed by atoms with Crippen molar-refractivity contribution in [1.82, 2.24) is 10.3 Å². The Morgan fingerprint density at radius 2 is 2.16 bits per heavy atom. The van der Waals surface area contributed by atoms with Crippen LogP contribution >= 0.6 is 22.9 Å². The fourth-order valence-electron chi connectivity index (χ4n) is 1.73. The summed E-state index contributed by atoms with van der Waals surface area (Å²) < 4.78 is 0. The number of hydrogen-bond acceptors (Lipinski definition) is 3. The number of amides is 1. The van der Waals surface area contributed by atoms with Gasteiger partial charge in [-0.2, -0.15) is 0 Å². The van der Waals surface area contributed by atoms with Gasteiger partial charge in [0.05, 0.1) is 11.2 Å². The van der Waals surface area contributed by atoms with Gasteiger partial charge in [-0.15, -0.1) is 11.3 Å². The highest BCUT2D eigenvalue weighted by atomic mass is 35.5. The molecule has 1 aromatic carbocycles. The van der Waals surface area contributed by atoms with E-state index >= 15 is 0 Å². The largest absolute Gasteiger partial charge is 0.356 e. The van der Waals surface area contributed by atoms with Crippen LogP contribution in [-0.2, 0) is 17.6 Å². The molecule has 1 N–H and O–H groups in total. The number of nitrogens with zero attached hydrogens (tertiary/aromatic N) is 1. The number of aromatic nitrogens is 1. The van der Waals surface area contributed by atoms with E-state index in [9.17, 15) is 4.79 Å². The van der Waals surface area contributed by atoms with Crippen molar-refractivity contribution in [1.29, 1.82) is 0 Å². The zero-order valence-corrected chi connectivity index (χ0v) is 12.0. The number of aryl methyl sites for hydroxylation is 1. The first-order chi connectivity index (χ1) is 9.25. The van der Waals surface area contributed by atoms with Crippen LogP contribution in [0.25, 0.3) is 0 Å². The Bertz CT molecular complexity index is 528. The standard InChI is InChI=1S/C14H15ClN2OS/c15-13-4-2-1-3-11(13)5-6-14(18)16-8-7-12-9-19-10-17-12/h1-4,9-10H,5-8H2,(H,16,18). The van der Waals surface area contributed by atoms with E-state index in [2.05, 4.69) is 10.3 Å². The summed E-state index contributed by atoms with van der Waals surface area (Å²) in [4.78, 5) is 15.9. The predicted octanol–water partition coefficient (Wildman–Crippen LogP) is 3.09. The third-order valence-electron chi connectivity index (χ3n) is 2.77.